The molecule has 0 saturated carbocycles. The first kappa shape index (κ1) is 12.3. The maximum Gasteiger partial charge on any atom is 0.348 e. The van der Waals surface area contributed by atoms with Crippen molar-refractivity contribution < 1.29 is 14.8 Å². The van der Waals surface area contributed by atoms with Crippen molar-refractivity contribution in [2.24, 2.45) is 0 Å². The average Bonchev–Trinajstić information content (AvgIpc) is 2.38. The summed E-state index contributed by atoms with van der Waals surface area (Å²) in [6.45, 7) is 0. The third kappa shape index (κ3) is 2.58. The van der Waals surface area contributed by atoms with Gasteiger partial charge in [0.15, 0.2) is 0 Å². The summed E-state index contributed by atoms with van der Waals surface area (Å²) in [5.74, 6) is -0.156. The van der Waals surface area contributed by atoms with Gasteiger partial charge in [-0.1, -0.05) is 6.07 Å². The Labute approximate surface area is 107 Å². The minimum Gasteiger partial charge on any atom is -0.508 e. The molecule has 2 rings (SSSR count). The molecule has 2 aromatic rings. The molecule has 94 valence electrons. The maximum absolute atomic E-state index is 10.9. The van der Waals surface area contributed by atoms with Crippen LogP contribution in [0.1, 0.15) is 5.56 Å². The van der Waals surface area contributed by atoms with Crippen LogP contribution in [0.15, 0.2) is 36.5 Å². The van der Waals surface area contributed by atoms with Crippen LogP contribution in [0, 0.1) is 21.4 Å². The Morgan fingerprint density at radius 3 is 2.84 bits per heavy atom. The van der Waals surface area contributed by atoms with Gasteiger partial charge in [-0.05, 0) is 18.2 Å². The number of hydrogen-bond acceptors (Lipinski definition) is 6. The Bertz CT molecular complexity index is 679. The minimum absolute atomic E-state index is 0.0448. The molecule has 1 N–H and O–H groups in total. The SMILES string of the molecule is N#Cc1ccnc(Oc2cccc(O)c2)c1[N+](=O)[O-]. The topological polar surface area (TPSA) is 109 Å². The number of phenols is 1. The first-order chi connectivity index (χ1) is 9.11. The molecule has 0 atom stereocenters. The molecule has 1 aromatic heterocycles. The number of pyridine rings is 1. The number of aromatic hydroxyl groups is 1. The molecule has 0 spiro atoms. The first-order valence-corrected chi connectivity index (χ1v) is 5.12. The maximum atomic E-state index is 10.9. The van der Waals surface area contributed by atoms with Crippen molar-refractivity contribution in [1.29, 1.82) is 5.26 Å². The fourth-order valence-corrected chi connectivity index (χ4v) is 1.43. The van der Waals surface area contributed by atoms with Gasteiger partial charge in [0, 0.05) is 12.3 Å². The lowest BCUT2D eigenvalue weighted by Crippen LogP contribution is -1.98. The summed E-state index contributed by atoms with van der Waals surface area (Å²) >= 11 is 0. The van der Waals surface area contributed by atoms with E-state index in [0.717, 1.165) is 0 Å². The molecule has 7 heteroatoms. The normalized spacial score (nSPS) is 9.63. The number of hydrogen-bond donors (Lipinski definition) is 1. The number of aromatic nitrogens is 1. The van der Waals surface area contributed by atoms with Crippen molar-refractivity contribution in [3.8, 4) is 23.4 Å². The highest BCUT2D eigenvalue weighted by molar-refractivity contribution is 5.55. The van der Waals surface area contributed by atoms with Crippen LogP contribution in [-0.4, -0.2) is 15.0 Å². The number of phenolic OH excluding ortho intramolecular Hbond substituents is 1. The standard InChI is InChI=1S/C12H7N3O4/c13-7-8-4-5-14-12(11(8)15(17)18)19-10-3-1-2-9(16)6-10/h1-6,16H. The second-order valence-corrected chi connectivity index (χ2v) is 3.48. The van der Waals surface area contributed by atoms with Crippen LogP contribution in [0.25, 0.3) is 0 Å². The van der Waals surface area contributed by atoms with E-state index in [1.54, 1.807) is 6.07 Å². The molecule has 0 aliphatic heterocycles. The molecule has 0 bridgehead atoms. The average molecular weight is 257 g/mol. The van der Waals surface area contributed by atoms with E-state index in [-0.39, 0.29) is 22.9 Å². The Balaban J connectivity index is 2.46. The van der Waals surface area contributed by atoms with Gasteiger partial charge in [0.1, 0.15) is 23.1 Å². The summed E-state index contributed by atoms with van der Waals surface area (Å²) in [7, 11) is 0. The molecule has 19 heavy (non-hydrogen) atoms. The van der Waals surface area contributed by atoms with E-state index in [0.29, 0.717) is 0 Å². The third-order valence-corrected chi connectivity index (χ3v) is 2.23. The monoisotopic (exact) mass is 257 g/mol. The van der Waals surface area contributed by atoms with E-state index in [2.05, 4.69) is 4.98 Å². The number of benzene rings is 1. The summed E-state index contributed by atoms with van der Waals surface area (Å²) in [6, 6.07) is 8.67. The van der Waals surface area contributed by atoms with E-state index in [1.807, 2.05) is 0 Å². The Hall–Kier alpha value is -3.14. The van der Waals surface area contributed by atoms with Gasteiger partial charge in [-0.3, -0.25) is 10.1 Å². The predicted molar refractivity (Wildman–Crippen MR) is 63.8 cm³/mol. The van der Waals surface area contributed by atoms with Crippen molar-refractivity contribution >= 4 is 5.69 Å². The molecule has 0 aliphatic rings. The molecule has 0 fully saturated rings. The van der Waals surface area contributed by atoms with Gasteiger partial charge >= 0.3 is 11.6 Å². The molecular formula is C12H7N3O4. The molecule has 7 nitrogen and oxygen atoms in total. The third-order valence-electron chi connectivity index (χ3n) is 2.23. The van der Waals surface area contributed by atoms with Crippen LogP contribution in [0.2, 0.25) is 0 Å². The smallest absolute Gasteiger partial charge is 0.348 e. The molecule has 0 aliphatic carbocycles. The summed E-state index contributed by atoms with van der Waals surface area (Å²) in [6.07, 6.45) is 1.24. The highest BCUT2D eigenvalue weighted by Crippen LogP contribution is 2.32. The van der Waals surface area contributed by atoms with Gasteiger partial charge < -0.3 is 9.84 Å². The zero-order valence-electron chi connectivity index (χ0n) is 9.48. The number of nitro groups is 1. The fourth-order valence-electron chi connectivity index (χ4n) is 1.43. The zero-order valence-corrected chi connectivity index (χ0v) is 9.48. The molecular weight excluding hydrogens is 250 g/mol. The van der Waals surface area contributed by atoms with Gasteiger partial charge in [0.2, 0.25) is 0 Å². The first-order valence-electron chi connectivity index (χ1n) is 5.12. The van der Waals surface area contributed by atoms with Crippen LogP contribution in [0.3, 0.4) is 0 Å². The number of rotatable bonds is 3. The van der Waals surface area contributed by atoms with Crippen molar-refractivity contribution in [2.75, 3.05) is 0 Å². The lowest BCUT2D eigenvalue weighted by atomic mass is 10.2. The van der Waals surface area contributed by atoms with E-state index >= 15 is 0 Å². The van der Waals surface area contributed by atoms with Crippen LogP contribution >= 0.6 is 0 Å². The second-order valence-electron chi connectivity index (χ2n) is 3.48. The predicted octanol–water partition coefficient (Wildman–Crippen LogP) is 2.36. The highest BCUT2D eigenvalue weighted by atomic mass is 16.6. The second kappa shape index (κ2) is 5.01. The van der Waals surface area contributed by atoms with Crippen molar-refractivity contribution in [2.45, 2.75) is 0 Å². The van der Waals surface area contributed by atoms with Gasteiger partial charge in [-0.15, -0.1) is 0 Å². The highest BCUT2D eigenvalue weighted by Gasteiger charge is 2.23. The number of ether oxygens (including phenoxy) is 1. The van der Waals surface area contributed by atoms with Crippen LogP contribution in [-0.2, 0) is 0 Å². The van der Waals surface area contributed by atoms with E-state index < -0.39 is 10.6 Å². The van der Waals surface area contributed by atoms with Crippen LogP contribution < -0.4 is 4.74 Å². The van der Waals surface area contributed by atoms with E-state index in [4.69, 9.17) is 10.00 Å². The van der Waals surface area contributed by atoms with Crippen molar-refractivity contribution in [1.82, 2.24) is 4.98 Å². The van der Waals surface area contributed by atoms with Crippen LogP contribution in [0.4, 0.5) is 5.69 Å². The van der Waals surface area contributed by atoms with Crippen molar-refractivity contribution in [3.63, 3.8) is 0 Å². The lowest BCUT2D eigenvalue weighted by molar-refractivity contribution is -0.386. The van der Waals surface area contributed by atoms with E-state index in [9.17, 15) is 15.2 Å². The lowest BCUT2D eigenvalue weighted by Gasteiger charge is -2.05. The molecule has 0 radical (unpaired) electrons. The largest absolute Gasteiger partial charge is 0.508 e. The zero-order chi connectivity index (χ0) is 13.8. The molecule has 0 unspecified atom stereocenters. The van der Waals surface area contributed by atoms with Crippen LogP contribution in [0.5, 0.6) is 17.4 Å². The Kier molecular flexibility index (Phi) is 3.25. The molecule has 0 saturated heterocycles. The number of nitrogens with zero attached hydrogens (tertiary/aromatic N) is 3. The van der Waals surface area contributed by atoms with Gasteiger partial charge in [0.25, 0.3) is 0 Å². The Morgan fingerprint density at radius 1 is 1.42 bits per heavy atom. The summed E-state index contributed by atoms with van der Waals surface area (Å²) in [5.41, 5.74) is -0.650. The fraction of sp³-hybridized carbons (Fsp3) is 0. The molecule has 1 heterocycles. The minimum atomic E-state index is -0.732. The molecule has 1 aromatic carbocycles. The molecule has 0 amide bonds. The summed E-state index contributed by atoms with van der Waals surface area (Å²) < 4.78 is 5.23. The summed E-state index contributed by atoms with van der Waals surface area (Å²) in [4.78, 5) is 13.9. The van der Waals surface area contributed by atoms with Crippen molar-refractivity contribution in [3.05, 3.63) is 52.2 Å². The quantitative estimate of drug-likeness (QED) is 0.667. The Morgan fingerprint density at radius 2 is 2.21 bits per heavy atom. The number of nitriles is 1. The van der Waals surface area contributed by atoms with Gasteiger partial charge in [0.05, 0.1) is 4.92 Å². The summed E-state index contributed by atoms with van der Waals surface area (Å²) in [5, 5.41) is 29.1. The van der Waals surface area contributed by atoms with Gasteiger partial charge in [-0.25, -0.2) is 4.98 Å². The van der Waals surface area contributed by atoms with Gasteiger partial charge in [-0.2, -0.15) is 5.26 Å². The van der Waals surface area contributed by atoms with E-state index in [1.165, 1.54) is 36.5 Å².